The number of para-hydroxylation sites is 1. The first-order chi connectivity index (χ1) is 8.36. The van der Waals surface area contributed by atoms with Gasteiger partial charge >= 0.3 is 0 Å². The van der Waals surface area contributed by atoms with E-state index in [0.29, 0.717) is 19.3 Å². The highest BCUT2D eigenvalue weighted by atomic mass is 16.5. The fraction of sp³-hybridized carbons (Fsp3) is 0.571. The molecule has 0 aliphatic carbocycles. The lowest BCUT2D eigenvalue weighted by atomic mass is 10.1. The number of hydrogen-bond donors (Lipinski definition) is 1. The summed E-state index contributed by atoms with van der Waals surface area (Å²) < 4.78 is 11.3. The van der Waals surface area contributed by atoms with Crippen molar-refractivity contribution in [2.24, 2.45) is 0 Å². The molecule has 3 heteroatoms. The first kappa shape index (κ1) is 12.4. The Kier molecular flexibility index (Phi) is 4.83. The van der Waals surface area contributed by atoms with Crippen molar-refractivity contribution in [3.05, 3.63) is 29.8 Å². The monoisotopic (exact) mass is 235 g/mol. The van der Waals surface area contributed by atoms with Crippen LogP contribution in [0.1, 0.15) is 24.8 Å². The fourth-order valence-electron chi connectivity index (χ4n) is 2.10. The highest BCUT2D eigenvalue weighted by Crippen LogP contribution is 2.14. The second kappa shape index (κ2) is 6.62. The van der Waals surface area contributed by atoms with E-state index in [4.69, 9.17) is 15.2 Å². The van der Waals surface area contributed by atoms with Gasteiger partial charge in [0.05, 0.1) is 19.3 Å². The minimum atomic E-state index is 0.303. The standard InChI is InChI=1S/C14H21NO2/c15-14-7-2-1-5-12(14)8-10-16-11-13-6-3-4-9-17-13/h1-2,5,7,13H,3-4,6,8-11,15H2. The van der Waals surface area contributed by atoms with Crippen LogP contribution < -0.4 is 5.73 Å². The van der Waals surface area contributed by atoms with Crippen molar-refractivity contribution >= 4 is 5.69 Å². The zero-order valence-electron chi connectivity index (χ0n) is 10.2. The van der Waals surface area contributed by atoms with Gasteiger partial charge in [0.1, 0.15) is 0 Å². The van der Waals surface area contributed by atoms with Crippen LogP contribution in [0.2, 0.25) is 0 Å². The number of nitrogen functional groups attached to an aromatic ring is 1. The third-order valence-electron chi connectivity index (χ3n) is 3.15. The van der Waals surface area contributed by atoms with Crippen LogP contribution >= 0.6 is 0 Å². The molecule has 2 rings (SSSR count). The molecule has 1 aromatic rings. The average Bonchev–Trinajstić information content (AvgIpc) is 2.38. The highest BCUT2D eigenvalue weighted by molar-refractivity contribution is 5.46. The van der Waals surface area contributed by atoms with Gasteiger partial charge in [-0.3, -0.25) is 0 Å². The highest BCUT2D eigenvalue weighted by Gasteiger charge is 2.13. The molecule has 1 aromatic carbocycles. The molecule has 1 atom stereocenters. The minimum Gasteiger partial charge on any atom is -0.399 e. The summed E-state index contributed by atoms with van der Waals surface area (Å²) in [4.78, 5) is 0. The van der Waals surface area contributed by atoms with E-state index >= 15 is 0 Å². The molecule has 0 radical (unpaired) electrons. The lowest BCUT2D eigenvalue weighted by molar-refractivity contribution is -0.0400. The predicted octanol–water partition coefficient (Wildman–Crippen LogP) is 2.40. The van der Waals surface area contributed by atoms with Crippen molar-refractivity contribution in [2.75, 3.05) is 25.6 Å². The Bertz CT molecular complexity index is 335. The number of ether oxygens (including phenoxy) is 2. The van der Waals surface area contributed by atoms with Crippen molar-refractivity contribution in [1.82, 2.24) is 0 Å². The first-order valence-corrected chi connectivity index (χ1v) is 6.39. The van der Waals surface area contributed by atoms with Gasteiger partial charge in [-0.2, -0.15) is 0 Å². The summed E-state index contributed by atoms with van der Waals surface area (Å²) in [6, 6.07) is 7.95. The number of benzene rings is 1. The summed E-state index contributed by atoms with van der Waals surface area (Å²) in [6.45, 7) is 2.32. The molecular weight excluding hydrogens is 214 g/mol. The van der Waals surface area contributed by atoms with E-state index in [1.807, 2.05) is 18.2 Å². The SMILES string of the molecule is Nc1ccccc1CCOCC1CCCCO1. The second-order valence-corrected chi connectivity index (χ2v) is 4.51. The van der Waals surface area contributed by atoms with Crippen LogP contribution in [0.15, 0.2) is 24.3 Å². The summed E-state index contributed by atoms with van der Waals surface area (Å²) in [5.74, 6) is 0. The van der Waals surface area contributed by atoms with Crippen molar-refractivity contribution in [2.45, 2.75) is 31.8 Å². The summed E-state index contributed by atoms with van der Waals surface area (Å²) in [6.07, 6.45) is 4.76. The molecule has 1 saturated heterocycles. The van der Waals surface area contributed by atoms with Gasteiger partial charge in [-0.05, 0) is 37.3 Å². The van der Waals surface area contributed by atoms with Crippen LogP contribution in [-0.2, 0) is 15.9 Å². The van der Waals surface area contributed by atoms with Crippen LogP contribution in [-0.4, -0.2) is 25.9 Å². The lowest BCUT2D eigenvalue weighted by Crippen LogP contribution is -2.24. The molecular formula is C14H21NO2. The zero-order valence-corrected chi connectivity index (χ0v) is 10.2. The topological polar surface area (TPSA) is 44.5 Å². The van der Waals surface area contributed by atoms with Gasteiger partial charge < -0.3 is 15.2 Å². The molecule has 0 aromatic heterocycles. The summed E-state index contributed by atoms with van der Waals surface area (Å²) in [7, 11) is 0. The fourth-order valence-corrected chi connectivity index (χ4v) is 2.10. The quantitative estimate of drug-likeness (QED) is 0.629. The molecule has 0 spiro atoms. The van der Waals surface area contributed by atoms with E-state index in [0.717, 1.165) is 30.7 Å². The van der Waals surface area contributed by atoms with Crippen LogP contribution in [0.3, 0.4) is 0 Å². The van der Waals surface area contributed by atoms with E-state index in [-0.39, 0.29) is 0 Å². The van der Waals surface area contributed by atoms with Crippen molar-refractivity contribution < 1.29 is 9.47 Å². The van der Waals surface area contributed by atoms with Crippen LogP contribution in [0.25, 0.3) is 0 Å². The summed E-state index contributed by atoms with van der Waals surface area (Å²) in [5, 5.41) is 0. The Morgan fingerprint density at radius 3 is 2.94 bits per heavy atom. The Hall–Kier alpha value is -1.06. The zero-order chi connectivity index (χ0) is 11.9. The van der Waals surface area contributed by atoms with Gasteiger partial charge in [0.15, 0.2) is 0 Å². The van der Waals surface area contributed by atoms with Gasteiger partial charge in [0.2, 0.25) is 0 Å². The lowest BCUT2D eigenvalue weighted by Gasteiger charge is -2.22. The van der Waals surface area contributed by atoms with E-state index in [1.54, 1.807) is 0 Å². The number of rotatable bonds is 5. The second-order valence-electron chi connectivity index (χ2n) is 4.51. The maximum Gasteiger partial charge on any atom is 0.0808 e. The van der Waals surface area contributed by atoms with Gasteiger partial charge in [-0.1, -0.05) is 18.2 Å². The number of nitrogens with two attached hydrogens (primary N) is 1. The van der Waals surface area contributed by atoms with Crippen molar-refractivity contribution in [3.63, 3.8) is 0 Å². The molecule has 1 heterocycles. The van der Waals surface area contributed by atoms with Crippen LogP contribution in [0.5, 0.6) is 0 Å². The molecule has 1 aliphatic rings. The molecule has 0 saturated carbocycles. The molecule has 2 N–H and O–H groups in total. The smallest absolute Gasteiger partial charge is 0.0808 e. The maximum absolute atomic E-state index is 5.87. The Balaban J connectivity index is 1.64. The first-order valence-electron chi connectivity index (χ1n) is 6.39. The molecule has 1 fully saturated rings. The normalized spacial score (nSPS) is 20.4. The van der Waals surface area contributed by atoms with Crippen molar-refractivity contribution in [1.29, 1.82) is 0 Å². The predicted molar refractivity (Wildman–Crippen MR) is 69.0 cm³/mol. The molecule has 94 valence electrons. The van der Waals surface area contributed by atoms with E-state index in [9.17, 15) is 0 Å². The van der Waals surface area contributed by atoms with Gasteiger partial charge in [0.25, 0.3) is 0 Å². The average molecular weight is 235 g/mol. The third-order valence-corrected chi connectivity index (χ3v) is 3.15. The maximum atomic E-state index is 5.87. The van der Waals surface area contributed by atoms with E-state index in [2.05, 4.69) is 6.07 Å². The number of anilines is 1. The largest absolute Gasteiger partial charge is 0.399 e. The molecule has 0 bridgehead atoms. The van der Waals surface area contributed by atoms with Crippen LogP contribution in [0, 0.1) is 0 Å². The Morgan fingerprint density at radius 2 is 2.18 bits per heavy atom. The third kappa shape index (κ3) is 4.02. The molecule has 17 heavy (non-hydrogen) atoms. The molecule has 1 aliphatic heterocycles. The van der Waals surface area contributed by atoms with Crippen LogP contribution in [0.4, 0.5) is 5.69 Å². The molecule has 0 amide bonds. The van der Waals surface area contributed by atoms with Gasteiger partial charge in [-0.25, -0.2) is 0 Å². The number of hydrogen-bond acceptors (Lipinski definition) is 3. The minimum absolute atomic E-state index is 0.303. The molecule has 3 nitrogen and oxygen atoms in total. The Morgan fingerprint density at radius 1 is 1.29 bits per heavy atom. The van der Waals surface area contributed by atoms with Crippen molar-refractivity contribution in [3.8, 4) is 0 Å². The van der Waals surface area contributed by atoms with Gasteiger partial charge in [0, 0.05) is 12.3 Å². The Labute approximate surface area is 103 Å². The molecule has 1 unspecified atom stereocenters. The summed E-state index contributed by atoms with van der Waals surface area (Å²) >= 11 is 0. The van der Waals surface area contributed by atoms with Gasteiger partial charge in [-0.15, -0.1) is 0 Å². The van der Waals surface area contributed by atoms with E-state index < -0.39 is 0 Å². The summed E-state index contributed by atoms with van der Waals surface area (Å²) in [5.41, 5.74) is 7.88. The van der Waals surface area contributed by atoms with E-state index in [1.165, 1.54) is 12.8 Å².